The van der Waals surface area contributed by atoms with Crippen molar-refractivity contribution in [3.8, 4) is 11.4 Å². The number of thioether (sulfide) groups is 1. The molecule has 100 valence electrons. The maximum atomic E-state index is 10.6. The summed E-state index contributed by atoms with van der Waals surface area (Å²) in [5.74, 6) is -0.364. The minimum Gasteiger partial charge on any atom is -0.495 e. The highest BCUT2D eigenvalue weighted by Gasteiger charge is 2.10. The highest BCUT2D eigenvalue weighted by atomic mass is 35.5. The number of aliphatic carboxylic acids is 1. The molecule has 0 fully saturated rings. The van der Waals surface area contributed by atoms with E-state index in [2.05, 4.69) is 4.98 Å². The second kappa shape index (κ2) is 5.99. The molecular formula is C12H11ClN2O3S. The first-order valence-electron chi connectivity index (χ1n) is 5.33. The quantitative estimate of drug-likeness (QED) is 0.860. The normalized spacial score (nSPS) is 10.4. The number of halogens is 1. The Hall–Kier alpha value is -1.66. The molecule has 0 bridgehead atoms. The zero-order valence-corrected chi connectivity index (χ0v) is 11.6. The van der Waals surface area contributed by atoms with Crippen LogP contribution in [0.4, 0.5) is 0 Å². The van der Waals surface area contributed by atoms with Crippen LogP contribution in [0, 0.1) is 0 Å². The van der Waals surface area contributed by atoms with Crippen molar-refractivity contribution in [2.45, 2.75) is 5.16 Å². The fourth-order valence-electron chi connectivity index (χ4n) is 1.52. The van der Waals surface area contributed by atoms with Crippen molar-refractivity contribution in [2.75, 3.05) is 12.9 Å². The molecule has 19 heavy (non-hydrogen) atoms. The van der Waals surface area contributed by atoms with Crippen LogP contribution in [0.15, 0.2) is 35.7 Å². The number of hydrogen-bond donors (Lipinski definition) is 1. The van der Waals surface area contributed by atoms with Crippen LogP contribution in [0.2, 0.25) is 5.02 Å². The fraction of sp³-hybridized carbons (Fsp3) is 0.167. The maximum Gasteiger partial charge on any atom is 0.313 e. The molecular weight excluding hydrogens is 288 g/mol. The second-order valence-electron chi connectivity index (χ2n) is 3.58. The number of carboxylic acid groups (broad SMARTS) is 1. The van der Waals surface area contributed by atoms with Gasteiger partial charge in [-0.05, 0) is 12.1 Å². The standard InChI is InChI=1S/C12H11ClN2O3S/c1-18-10-6-8(2-3-9(10)13)15-5-4-14-12(15)19-7-11(16)17/h2-6H,7H2,1H3,(H,16,17). The van der Waals surface area contributed by atoms with E-state index in [1.54, 1.807) is 36.2 Å². The van der Waals surface area contributed by atoms with Gasteiger partial charge in [0.15, 0.2) is 5.16 Å². The molecule has 0 saturated carbocycles. The van der Waals surface area contributed by atoms with Gasteiger partial charge in [-0.25, -0.2) is 4.98 Å². The van der Waals surface area contributed by atoms with Crippen molar-refractivity contribution in [1.29, 1.82) is 0 Å². The van der Waals surface area contributed by atoms with E-state index in [-0.39, 0.29) is 5.75 Å². The number of methoxy groups -OCH3 is 1. The molecule has 1 heterocycles. The number of rotatable bonds is 5. The third-order valence-electron chi connectivity index (χ3n) is 2.34. The van der Waals surface area contributed by atoms with Crippen molar-refractivity contribution < 1.29 is 14.6 Å². The number of carbonyl (C=O) groups is 1. The van der Waals surface area contributed by atoms with Crippen molar-refractivity contribution in [3.63, 3.8) is 0 Å². The zero-order valence-electron chi connectivity index (χ0n) is 10.0. The van der Waals surface area contributed by atoms with E-state index in [1.807, 2.05) is 6.07 Å². The van der Waals surface area contributed by atoms with Crippen LogP contribution in [0.1, 0.15) is 0 Å². The largest absolute Gasteiger partial charge is 0.495 e. The van der Waals surface area contributed by atoms with E-state index < -0.39 is 5.97 Å². The number of ether oxygens (including phenoxy) is 1. The molecule has 0 aliphatic heterocycles. The van der Waals surface area contributed by atoms with Crippen LogP contribution in [-0.2, 0) is 4.79 Å². The molecule has 0 spiro atoms. The molecule has 5 nitrogen and oxygen atoms in total. The lowest BCUT2D eigenvalue weighted by atomic mass is 10.3. The lowest BCUT2D eigenvalue weighted by Gasteiger charge is -2.09. The van der Waals surface area contributed by atoms with Gasteiger partial charge in [-0.15, -0.1) is 0 Å². The summed E-state index contributed by atoms with van der Waals surface area (Å²) in [7, 11) is 1.54. The van der Waals surface area contributed by atoms with E-state index >= 15 is 0 Å². The third-order valence-corrected chi connectivity index (χ3v) is 3.61. The molecule has 7 heteroatoms. The monoisotopic (exact) mass is 298 g/mol. The first kappa shape index (κ1) is 13.8. The molecule has 0 aliphatic rings. The van der Waals surface area contributed by atoms with Gasteiger partial charge in [-0.3, -0.25) is 9.36 Å². The maximum absolute atomic E-state index is 10.6. The minimum atomic E-state index is -0.881. The van der Waals surface area contributed by atoms with Crippen LogP contribution >= 0.6 is 23.4 Å². The number of imidazole rings is 1. The van der Waals surface area contributed by atoms with Crippen LogP contribution < -0.4 is 4.74 Å². The van der Waals surface area contributed by atoms with Gasteiger partial charge < -0.3 is 9.84 Å². The van der Waals surface area contributed by atoms with E-state index in [4.69, 9.17) is 21.4 Å². The van der Waals surface area contributed by atoms with Crippen molar-refractivity contribution >= 4 is 29.3 Å². The van der Waals surface area contributed by atoms with Crippen molar-refractivity contribution in [1.82, 2.24) is 9.55 Å². The first-order valence-corrected chi connectivity index (χ1v) is 6.70. The summed E-state index contributed by atoms with van der Waals surface area (Å²) in [6.45, 7) is 0. The Morgan fingerprint density at radius 2 is 2.37 bits per heavy atom. The average molecular weight is 299 g/mol. The number of nitrogens with zero attached hydrogens (tertiary/aromatic N) is 2. The van der Waals surface area contributed by atoms with Crippen LogP contribution in [-0.4, -0.2) is 33.5 Å². The van der Waals surface area contributed by atoms with Crippen molar-refractivity contribution in [2.24, 2.45) is 0 Å². The predicted molar refractivity (Wildman–Crippen MR) is 73.5 cm³/mol. The average Bonchev–Trinajstić information content (AvgIpc) is 2.85. The summed E-state index contributed by atoms with van der Waals surface area (Å²) in [5.41, 5.74) is 0.812. The lowest BCUT2D eigenvalue weighted by molar-refractivity contribution is -0.133. The summed E-state index contributed by atoms with van der Waals surface area (Å²) >= 11 is 7.12. The summed E-state index contributed by atoms with van der Waals surface area (Å²) in [5, 5.41) is 9.82. The van der Waals surface area contributed by atoms with E-state index in [1.165, 1.54) is 0 Å². The van der Waals surface area contributed by atoms with Gasteiger partial charge in [-0.2, -0.15) is 0 Å². The molecule has 0 amide bonds. The van der Waals surface area contributed by atoms with Gasteiger partial charge in [-0.1, -0.05) is 23.4 Å². The molecule has 0 aliphatic carbocycles. The lowest BCUT2D eigenvalue weighted by Crippen LogP contribution is -2.01. The van der Waals surface area contributed by atoms with Gasteiger partial charge in [0.1, 0.15) is 5.75 Å². The zero-order chi connectivity index (χ0) is 13.8. The molecule has 0 unspecified atom stereocenters. The highest BCUT2D eigenvalue weighted by molar-refractivity contribution is 7.99. The Labute approximate surface area is 119 Å². The Morgan fingerprint density at radius 3 is 3.05 bits per heavy atom. The van der Waals surface area contributed by atoms with Crippen LogP contribution in [0.3, 0.4) is 0 Å². The van der Waals surface area contributed by atoms with E-state index in [0.29, 0.717) is 15.9 Å². The molecule has 0 saturated heterocycles. The number of benzene rings is 1. The smallest absolute Gasteiger partial charge is 0.313 e. The van der Waals surface area contributed by atoms with E-state index in [0.717, 1.165) is 17.4 Å². The summed E-state index contributed by atoms with van der Waals surface area (Å²) in [6, 6.07) is 5.31. The first-order chi connectivity index (χ1) is 9.11. The van der Waals surface area contributed by atoms with Crippen LogP contribution in [0.5, 0.6) is 5.75 Å². The van der Waals surface area contributed by atoms with Crippen molar-refractivity contribution in [3.05, 3.63) is 35.6 Å². The number of hydrogen-bond acceptors (Lipinski definition) is 4. The van der Waals surface area contributed by atoms with E-state index in [9.17, 15) is 4.79 Å². The molecule has 0 atom stereocenters. The SMILES string of the molecule is COc1cc(-n2ccnc2SCC(=O)O)ccc1Cl. The predicted octanol–water partition coefficient (Wildman–Crippen LogP) is 2.71. The highest BCUT2D eigenvalue weighted by Crippen LogP contribution is 2.28. The van der Waals surface area contributed by atoms with Gasteiger partial charge in [0.25, 0.3) is 0 Å². The summed E-state index contributed by atoms with van der Waals surface area (Å²) < 4.78 is 6.94. The fourth-order valence-corrected chi connectivity index (χ4v) is 2.41. The Kier molecular flexibility index (Phi) is 4.34. The molecule has 1 aromatic carbocycles. The molecule has 1 N–H and O–H groups in total. The topological polar surface area (TPSA) is 64.4 Å². The van der Waals surface area contributed by atoms with Crippen LogP contribution in [0.25, 0.3) is 5.69 Å². The Bertz CT molecular complexity index is 600. The summed E-state index contributed by atoms with van der Waals surface area (Å²) in [6.07, 6.45) is 3.37. The minimum absolute atomic E-state index is 0.0399. The molecule has 2 rings (SSSR count). The van der Waals surface area contributed by atoms with Gasteiger partial charge >= 0.3 is 5.97 Å². The molecule has 2 aromatic rings. The third kappa shape index (κ3) is 3.21. The second-order valence-corrected chi connectivity index (χ2v) is 4.93. The number of carboxylic acids is 1. The van der Waals surface area contributed by atoms with Gasteiger partial charge in [0.05, 0.1) is 23.6 Å². The Balaban J connectivity index is 2.31. The van der Waals surface area contributed by atoms with Gasteiger partial charge in [0.2, 0.25) is 0 Å². The number of aromatic nitrogens is 2. The summed E-state index contributed by atoms with van der Waals surface area (Å²) in [4.78, 5) is 14.7. The Morgan fingerprint density at radius 1 is 1.58 bits per heavy atom. The molecule has 0 radical (unpaired) electrons. The van der Waals surface area contributed by atoms with Gasteiger partial charge in [0, 0.05) is 18.5 Å². The molecule has 1 aromatic heterocycles.